The molecule has 1 aromatic rings. The minimum Gasteiger partial charge on any atom is -0.309 e. The minimum atomic E-state index is 0.295. The number of nitrogens with zero attached hydrogens (tertiary/aromatic N) is 1. The minimum absolute atomic E-state index is 0.295. The molecule has 1 heterocycles. The highest BCUT2D eigenvalue weighted by molar-refractivity contribution is 6.42. The molecule has 3 unspecified atom stereocenters. The molecule has 1 aromatic carbocycles. The Balaban J connectivity index is 2.20. The predicted octanol–water partition coefficient (Wildman–Crippen LogP) is 3.74. The molecule has 100 valence electrons. The van der Waals surface area contributed by atoms with E-state index in [1.165, 1.54) is 0 Å². The molecular weight excluding hydrogens is 267 g/mol. The molecular formula is C14H20Cl2N2. The largest absolute Gasteiger partial charge is 0.309 e. The van der Waals surface area contributed by atoms with Gasteiger partial charge in [-0.15, -0.1) is 0 Å². The van der Waals surface area contributed by atoms with Crippen LogP contribution in [0.25, 0.3) is 0 Å². The normalized spacial score (nSPS) is 27.2. The van der Waals surface area contributed by atoms with Gasteiger partial charge in [0.2, 0.25) is 0 Å². The Bertz CT molecular complexity index is 412. The molecule has 1 aliphatic rings. The average Bonchev–Trinajstić information content (AvgIpc) is 2.30. The van der Waals surface area contributed by atoms with Gasteiger partial charge in [-0.3, -0.25) is 4.90 Å². The van der Waals surface area contributed by atoms with Crippen molar-refractivity contribution in [2.75, 3.05) is 13.1 Å². The molecule has 4 heteroatoms. The average molecular weight is 287 g/mol. The van der Waals surface area contributed by atoms with E-state index in [0.29, 0.717) is 28.2 Å². The predicted molar refractivity (Wildman–Crippen MR) is 78.5 cm³/mol. The van der Waals surface area contributed by atoms with Crippen LogP contribution < -0.4 is 5.32 Å². The molecule has 1 fully saturated rings. The van der Waals surface area contributed by atoms with Gasteiger partial charge in [0.1, 0.15) is 0 Å². The molecule has 0 spiro atoms. The number of halogens is 2. The highest BCUT2D eigenvalue weighted by atomic mass is 35.5. The summed E-state index contributed by atoms with van der Waals surface area (Å²) in [5.41, 5.74) is 1.12. The molecule has 0 aliphatic carbocycles. The van der Waals surface area contributed by atoms with Crippen LogP contribution in [-0.4, -0.2) is 30.1 Å². The molecule has 0 aromatic heterocycles. The van der Waals surface area contributed by atoms with Crippen molar-refractivity contribution < 1.29 is 0 Å². The maximum absolute atomic E-state index is 6.31. The summed E-state index contributed by atoms with van der Waals surface area (Å²) >= 11 is 12.4. The molecule has 3 atom stereocenters. The smallest absolute Gasteiger partial charge is 0.0640 e. The standard InChI is InChI=1S/C14H20Cl2N2/c1-9-7-18(8-10(2)17-9)11(3)12-5-4-6-13(15)14(12)16/h4-6,9-11,17H,7-8H2,1-3H3. The van der Waals surface area contributed by atoms with Gasteiger partial charge in [-0.2, -0.15) is 0 Å². The van der Waals surface area contributed by atoms with Crippen molar-refractivity contribution >= 4 is 23.2 Å². The summed E-state index contributed by atoms with van der Waals surface area (Å²) in [5, 5.41) is 4.86. The fraction of sp³-hybridized carbons (Fsp3) is 0.571. The van der Waals surface area contributed by atoms with E-state index in [-0.39, 0.29) is 0 Å². The third-order valence-corrected chi connectivity index (χ3v) is 4.40. The van der Waals surface area contributed by atoms with E-state index < -0.39 is 0 Å². The van der Waals surface area contributed by atoms with Gasteiger partial charge in [0.25, 0.3) is 0 Å². The van der Waals surface area contributed by atoms with Gasteiger partial charge in [0.15, 0.2) is 0 Å². The zero-order valence-electron chi connectivity index (χ0n) is 11.1. The summed E-state index contributed by atoms with van der Waals surface area (Å²) in [6.07, 6.45) is 0. The first kappa shape index (κ1) is 14.1. The summed E-state index contributed by atoms with van der Waals surface area (Å²) in [7, 11) is 0. The monoisotopic (exact) mass is 286 g/mol. The Hall–Kier alpha value is -0.280. The Morgan fingerprint density at radius 2 is 1.83 bits per heavy atom. The van der Waals surface area contributed by atoms with Gasteiger partial charge in [-0.25, -0.2) is 0 Å². The van der Waals surface area contributed by atoms with Crippen molar-refractivity contribution in [3.8, 4) is 0 Å². The van der Waals surface area contributed by atoms with E-state index in [4.69, 9.17) is 23.2 Å². The van der Waals surface area contributed by atoms with Crippen molar-refractivity contribution in [3.63, 3.8) is 0 Å². The molecule has 0 radical (unpaired) electrons. The molecule has 2 nitrogen and oxygen atoms in total. The molecule has 0 saturated carbocycles. The number of benzene rings is 1. The Morgan fingerprint density at radius 3 is 2.44 bits per heavy atom. The lowest BCUT2D eigenvalue weighted by Crippen LogP contribution is -2.54. The first-order chi connectivity index (χ1) is 8.49. The molecule has 1 N–H and O–H groups in total. The summed E-state index contributed by atoms with van der Waals surface area (Å²) in [6.45, 7) is 8.70. The summed E-state index contributed by atoms with van der Waals surface area (Å²) in [4.78, 5) is 2.46. The van der Waals surface area contributed by atoms with Crippen LogP contribution in [-0.2, 0) is 0 Å². The van der Waals surface area contributed by atoms with Gasteiger partial charge < -0.3 is 5.32 Å². The lowest BCUT2D eigenvalue weighted by molar-refractivity contribution is 0.131. The third-order valence-electron chi connectivity index (χ3n) is 3.57. The summed E-state index contributed by atoms with van der Waals surface area (Å²) < 4.78 is 0. The molecule has 18 heavy (non-hydrogen) atoms. The fourth-order valence-electron chi connectivity index (χ4n) is 2.73. The van der Waals surface area contributed by atoms with Crippen LogP contribution in [0, 0.1) is 0 Å². The van der Waals surface area contributed by atoms with E-state index in [1.807, 2.05) is 12.1 Å². The van der Waals surface area contributed by atoms with Crippen LogP contribution in [0.15, 0.2) is 18.2 Å². The van der Waals surface area contributed by atoms with Gasteiger partial charge in [0, 0.05) is 31.2 Å². The number of hydrogen-bond donors (Lipinski definition) is 1. The lowest BCUT2D eigenvalue weighted by Gasteiger charge is -2.40. The molecule has 0 amide bonds. The van der Waals surface area contributed by atoms with E-state index in [2.05, 4.69) is 37.1 Å². The molecule has 1 saturated heterocycles. The highest BCUT2D eigenvalue weighted by Crippen LogP contribution is 2.33. The van der Waals surface area contributed by atoms with Crippen LogP contribution in [0.2, 0.25) is 10.0 Å². The second kappa shape index (κ2) is 5.79. The lowest BCUT2D eigenvalue weighted by atomic mass is 10.0. The van der Waals surface area contributed by atoms with Gasteiger partial charge >= 0.3 is 0 Å². The van der Waals surface area contributed by atoms with Crippen molar-refractivity contribution in [3.05, 3.63) is 33.8 Å². The zero-order chi connectivity index (χ0) is 13.3. The van der Waals surface area contributed by atoms with Gasteiger partial charge in [-0.05, 0) is 32.4 Å². The second-order valence-corrected chi connectivity index (χ2v) is 6.03. The second-order valence-electron chi connectivity index (χ2n) is 5.24. The quantitative estimate of drug-likeness (QED) is 0.891. The Morgan fingerprint density at radius 1 is 1.22 bits per heavy atom. The van der Waals surface area contributed by atoms with E-state index in [1.54, 1.807) is 0 Å². The third kappa shape index (κ3) is 3.00. The maximum atomic E-state index is 6.31. The van der Waals surface area contributed by atoms with Crippen LogP contribution in [0.1, 0.15) is 32.4 Å². The van der Waals surface area contributed by atoms with Gasteiger partial charge in [0.05, 0.1) is 10.0 Å². The summed E-state index contributed by atoms with van der Waals surface area (Å²) in [6, 6.07) is 7.18. The Labute approximate surface area is 119 Å². The van der Waals surface area contributed by atoms with E-state index in [9.17, 15) is 0 Å². The van der Waals surface area contributed by atoms with Gasteiger partial charge in [-0.1, -0.05) is 35.3 Å². The SMILES string of the molecule is CC1CN(C(C)c2cccc(Cl)c2Cl)CC(C)N1. The molecule has 0 bridgehead atoms. The van der Waals surface area contributed by atoms with Crippen molar-refractivity contribution in [2.24, 2.45) is 0 Å². The van der Waals surface area contributed by atoms with E-state index >= 15 is 0 Å². The number of hydrogen-bond acceptors (Lipinski definition) is 2. The zero-order valence-corrected chi connectivity index (χ0v) is 12.6. The van der Waals surface area contributed by atoms with Crippen molar-refractivity contribution in [1.29, 1.82) is 0 Å². The number of rotatable bonds is 2. The number of piperazine rings is 1. The number of nitrogens with one attached hydrogen (secondary N) is 1. The van der Waals surface area contributed by atoms with Crippen molar-refractivity contribution in [1.82, 2.24) is 10.2 Å². The van der Waals surface area contributed by atoms with Crippen LogP contribution in [0.4, 0.5) is 0 Å². The topological polar surface area (TPSA) is 15.3 Å². The fourth-order valence-corrected chi connectivity index (χ4v) is 3.19. The summed E-state index contributed by atoms with van der Waals surface area (Å²) in [5.74, 6) is 0. The first-order valence-corrected chi connectivity index (χ1v) is 7.18. The maximum Gasteiger partial charge on any atom is 0.0640 e. The van der Waals surface area contributed by atoms with E-state index in [0.717, 1.165) is 18.7 Å². The van der Waals surface area contributed by atoms with Crippen molar-refractivity contribution in [2.45, 2.75) is 38.9 Å². The highest BCUT2D eigenvalue weighted by Gasteiger charge is 2.26. The molecule has 1 aliphatic heterocycles. The van der Waals surface area contributed by atoms with Crippen LogP contribution >= 0.6 is 23.2 Å². The Kier molecular flexibility index (Phi) is 4.54. The molecule has 2 rings (SSSR count). The van der Waals surface area contributed by atoms with Crippen LogP contribution in [0.5, 0.6) is 0 Å². The van der Waals surface area contributed by atoms with Crippen LogP contribution in [0.3, 0.4) is 0 Å². The first-order valence-electron chi connectivity index (χ1n) is 6.43.